The van der Waals surface area contributed by atoms with Gasteiger partial charge in [-0.1, -0.05) is 24.3 Å². The fourth-order valence-corrected chi connectivity index (χ4v) is 6.07. The van der Waals surface area contributed by atoms with Gasteiger partial charge in [0, 0.05) is 35.1 Å². The van der Waals surface area contributed by atoms with Crippen LogP contribution >= 0.6 is 0 Å². The molecule has 2 aromatic heterocycles. The van der Waals surface area contributed by atoms with Crippen molar-refractivity contribution in [3.63, 3.8) is 0 Å². The van der Waals surface area contributed by atoms with Crippen LogP contribution in [0.3, 0.4) is 0 Å². The van der Waals surface area contributed by atoms with Crippen LogP contribution in [-0.4, -0.2) is 41.1 Å². The van der Waals surface area contributed by atoms with Crippen molar-refractivity contribution in [2.75, 3.05) is 20.2 Å². The Hall–Kier alpha value is -3.44. The first kappa shape index (κ1) is 22.1. The van der Waals surface area contributed by atoms with Crippen LogP contribution in [-0.2, 0) is 0 Å². The lowest BCUT2D eigenvalue weighted by Crippen LogP contribution is -2.55. The van der Waals surface area contributed by atoms with Gasteiger partial charge < -0.3 is 9.47 Å². The summed E-state index contributed by atoms with van der Waals surface area (Å²) < 4.78 is 12.4. The van der Waals surface area contributed by atoms with E-state index in [4.69, 9.17) is 14.5 Å². The van der Waals surface area contributed by atoms with Crippen LogP contribution in [0.1, 0.15) is 30.1 Å². The van der Waals surface area contributed by atoms with E-state index in [1.807, 2.05) is 24.4 Å². The summed E-state index contributed by atoms with van der Waals surface area (Å²) in [6.07, 6.45) is 6.17. The molecular weight excluding hydrogens is 434 g/mol. The topological polar surface area (TPSA) is 47.5 Å². The van der Waals surface area contributed by atoms with Gasteiger partial charge in [-0.2, -0.15) is 0 Å². The third kappa shape index (κ3) is 3.94. The zero-order valence-corrected chi connectivity index (χ0v) is 20.4. The summed E-state index contributed by atoms with van der Waals surface area (Å²) in [5, 5.41) is 2.22. The van der Waals surface area contributed by atoms with Crippen molar-refractivity contribution >= 4 is 21.8 Å². The number of pyridine rings is 2. The first-order chi connectivity index (χ1) is 17.1. The Morgan fingerprint density at radius 1 is 1.09 bits per heavy atom. The molecule has 2 aromatic carbocycles. The van der Waals surface area contributed by atoms with Gasteiger partial charge in [0.2, 0.25) is 5.88 Å². The molecule has 7 rings (SSSR count). The minimum Gasteiger partial charge on any atom is -0.497 e. The fourth-order valence-electron chi connectivity index (χ4n) is 6.07. The van der Waals surface area contributed by atoms with E-state index in [0.717, 1.165) is 52.6 Å². The Kier molecular flexibility index (Phi) is 5.65. The second kappa shape index (κ2) is 8.97. The van der Waals surface area contributed by atoms with Crippen LogP contribution in [0.4, 0.5) is 0 Å². The van der Waals surface area contributed by atoms with Gasteiger partial charge in [0.05, 0.1) is 24.2 Å². The number of hydrogen-bond donors (Lipinski definition) is 0. The number of fused-ring (bicyclic) bond motifs is 5. The maximum Gasteiger partial charge on any atom is 0.214 e. The summed E-state index contributed by atoms with van der Waals surface area (Å²) in [7, 11) is 1.70. The molecule has 5 atom stereocenters. The van der Waals surface area contributed by atoms with E-state index in [-0.39, 0.29) is 12.1 Å². The highest BCUT2D eigenvalue weighted by Crippen LogP contribution is 2.44. The van der Waals surface area contributed by atoms with E-state index in [2.05, 4.69) is 65.9 Å². The number of nitrogens with zero attached hydrogens (tertiary/aromatic N) is 3. The summed E-state index contributed by atoms with van der Waals surface area (Å²) in [6.45, 7) is 8.36. The van der Waals surface area contributed by atoms with E-state index in [9.17, 15) is 0 Å². The Bertz CT molecular complexity index is 1400. The standard InChI is InChI=1S/C30H31N3O2/c1-4-20-18-33-14-12-21(20)16-28(33)30(24-11-13-31-26-10-9-22(34-3)17-25(24)26)35-29-15-19(2)23-7-5-6-8-27(23)32-29/h4-11,13,15,17,20-21,28,30H,1,12,14,16,18H2,2-3H3/t20-,21-,28-,30+/m0/s1. The number of aromatic nitrogens is 2. The molecule has 1 unspecified atom stereocenters. The fraction of sp³-hybridized carbons (Fsp3) is 0.333. The summed E-state index contributed by atoms with van der Waals surface area (Å²) in [4.78, 5) is 12.1. The van der Waals surface area contributed by atoms with Crippen LogP contribution < -0.4 is 9.47 Å². The second-order valence-corrected chi connectivity index (χ2v) is 9.86. The molecule has 0 aliphatic carbocycles. The van der Waals surface area contributed by atoms with Gasteiger partial charge in [0.25, 0.3) is 0 Å². The first-order valence-electron chi connectivity index (χ1n) is 12.5. The third-order valence-electron chi connectivity index (χ3n) is 7.94. The summed E-state index contributed by atoms with van der Waals surface area (Å²) in [5.41, 5.74) is 4.20. The van der Waals surface area contributed by atoms with Crippen molar-refractivity contribution in [2.24, 2.45) is 11.8 Å². The molecule has 35 heavy (non-hydrogen) atoms. The van der Waals surface area contributed by atoms with Crippen molar-refractivity contribution in [1.29, 1.82) is 0 Å². The van der Waals surface area contributed by atoms with Gasteiger partial charge in [0.1, 0.15) is 11.9 Å². The molecule has 3 fully saturated rings. The largest absolute Gasteiger partial charge is 0.497 e. The van der Waals surface area contributed by atoms with E-state index >= 15 is 0 Å². The van der Waals surface area contributed by atoms with Gasteiger partial charge in [-0.3, -0.25) is 9.88 Å². The lowest BCUT2D eigenvalue weighted by Gasteiger charge is -2.51. The van der Waals surface area contributed by atoms with Gasteiger partial charge in [-0.05, 0) is 74.0 Å². The number of benzene rings is 2. The quantitative estimate of drug-likeness (QED) is 0.321. The Labute approximate surface area is 206 Å². The number of para-hydroxylation sites is 1. The molecule has 0 radical (unpaired) electrons. The summed E-state index contributed by atoms with van der Waals surface area (Å²) in [6, 6.07) is 18.8. The number of piperidine rings is 3. The van der Waals surface area contributed by atoms with E-state index in [1.165, 1.54) is 12.0 Å². The average molecular weight is 466 g/mol. The van der Waals surface area contributed by atoms with Crippen molar-refractivity contribution in [3.8, 4) is 11.6 Å². The monoisotopic (exact) mass is 465 g/mol. The smallest absolute Gasteiger partial charge is 0.214 e. The molecule has 0 spiro atoms. The zero-order chi connectivity index (χ0) is 23.9. The average Bonchev–Trinajstić information content (AvgIpc) is 2.91. The molecule has 5 heterocycles. The number of hydrogen-bond acceptors (Lipinski definition) is 5. The number of aryl methyl sites for hydroxylation is 1. The van der Waals surface area contributed by atoms with Crippen molar-refractivity contribution in [2.45, 2.75) is 31.9 Å². The van der Waals surface area contributed by atoms with Gasteiger partial charge >= 0.3 is 0 Å². The number of ether oxygens (including phenoxy) is 2. The van der Waals surface area contributed by atoms with Gasteiger partial charge in [-0.25, -0.2) is 4.98 Å². The Balaban J connectivity index is 1.47. The van der Waals surface area contributed by atoms with Crippen LogP contribution in [0, 0.1) is 18.8 Å². The number of methoxy groups -OCH3 is 1. The van der Waals surface area contributed by atoms with Gasteiger partial charge in [0.15, 0.2) is 0 Å². The predicted molar refractivity (Wildman–Crippen MR) is 140 cm³/mol. The molecule has 3 aliphatic heterocycles. The van der Waals surface area contributed by atoms with Crippen molar-refractivity contribution in [1.82, 2.24) is 14.9 Å². The predicted octanol–water partition coefficient (Wildman–Crippen LogP) is 6.12. The number of rotatable bonds is 6. The van der Waals surface area contributed by atoms with Crippen LogP contribution in [0.5, 0.6) is 11.6 Å². The SMILES string of the molecule is C=C[C@H]1CN2CC[C@H]1C[C@H]2[C@H](Oc1cc(C)c2ccccc2n1)c1ccnc2ccc(OC)cc12. The minimum atomic E-state index is -0.172. The van der Waals surface area contributed by atoms with E-state index in [0.29, 0.717) is 17.7 Å². The van der Waals surface area contributed by atoms with Crippen molar-refractivity contribution in [3.05, 3.63) is 84.6 Å². The van der Waals surface area contributed by atoms with E-state index in [1.54, 1.807) is 7.11 Å². The van der Waals surface area contributed by atoms with Crippen LogP contribution in [0.25, 0.3) is 21.8 Å². The zero-order valence-electron chi connectivity index (χ0n) is 20.4. The second-order valence-electron chi connectivity index (χ2n) is 9.86. The molecule has 2 bridgehead atoms. The highest BCUT2D eigenvalue weighted by molar-refractivity contribution is 5.84. The molecule has 0 saturated carbocycles. The first-order valence-corrected chi connectivity index (χ1v) is 12.5. The van der Waals surface area contributed by atoms with Crippen LogP contribution in [0.15, 0.2) is 73.4 Å². The summed E-state index contributed by atoms with van der Waals surface area (Å²) in [5.74, 6) is 2.68. The lowest BCUT2D eigenvalue weighted by molar-refractivity contribution is -0.0367. The highest BCUT2D eigenvalue weighted by Gasteiger charge is 2.44. The normalized spacial score (nSPS) is 24.4. The third-order valence-corrected chi connectivity index (χ3v) is 7.94. The molecule has 0 amide bonds. The molecule has 0 N–H and O–H groups in total. The maximum absolute atomic E-state index is 6.88. The molecule has 3 aliphatic rings. The summed E-state index contributed by atoms with van der Waals surface area (Å²) >= 11 is 0. The van der Waals surface area contributed by atoms with Gasteiger partial charge in [-0.15, -0.1) is 6.58 Å². The van der Waals surface area contributed by atoms with Crippen molar-refractivity contribution < 1.29 is 9.47 Å². The molecule has 178 valence electrons. The Morgan fingerprint density at radius 3 is 2.77 bits per heavy atom. The molecule has 4 aromatic rings. The van der Waals surface area contributed by atoms with Crippen LogP contribution in [0.2, 0.25) is 0 Å². The maximum atomic E-state index is 6.88. The Morgan fingerprint density at radius 2 is 1.97 bits per heavy atom. The lowest BCUT2D eigenvalue weighted by atomic mass is 9.73. The molecule has 5 nitrogen and oxygen atoms in total. The highest BCUT2D eigenvalue weighted by atomic mass is 16.5. The van der Waals surface area contributed by atoms with E-state index < -0.39 is 0 Å². The minimum absolute atomic E-state index is 0.172. The molecule has 5 heteroatoms. The molecule has 3 saturated heterocycles. The molecular formula is C30H31N3O2.